The molecule has 1 aromatic rings. The first-order chi connectivity index (χ1) is 9.15. The summed E-state index contributed by atoms with van der Waals surface area (Å²) in [5, 5.41) is 11.4. The van der Waals surface area contributed by atoms with Crippen molar-refractivity contribution in [3.05, 3.63) is 29.6 Å². The van der Waals surface area contributed by atoms with E-state index in [2.05, 4.69) is 5.16 Å². The van der Waals surface area contributed by atoms with Crippen LogP contribution in [0.25, 0.3) is 0 Å². The number of amidine groups is 1. The molecule has 1 aromatic carbocycles. The average Bonchev–Trinajstić information content (AvgIpc) is 2.46. The van der Waals surface area contributed by atoms with Crippen molar-refractivity contribution >= 4 is 11.5 Å². The van der Waals surface area contributed by atoms with Gasteiger partial charge < -0.3 is 20.6 Å². The van der Waals surface area contributed by atoms with Gasteiger partial charge in [-0.3, -0.25) is 0 Å². The van der Waals surface area contributed by atoms with Crippen LogP contribution >= 0.6 is 0 Å². The minimum absolute atomic E-state index is 0.0983. The number of nitrogens with zero attached hydrogens (tertiary/aromatic N) is 2. The highest BCUT2D eigenvalue weighted by molar-refractivity contribution is 5.97. The van der Waals surface area contributed by atoms with Crippen LogP contribution < -0.4 is 10.6 Å². The van der Waals surface area contributed by atoms with Crippen LogP contribution in [0, 0.1) is 5.82 Å². The molecular formula is C13H18FN3O2. The SMILES string of the molecule is COC1CCCN(c2ccc(/C(N)=N/O)cc2F)C1. The normalized spacial score (nSPS) is 20.6. The molecule has 0 aliphatic carbocycles. The van der Waals surface area contributed by atoms with Gasteiger partial charge in [0.25, 0.3) is 0 Å². The average molecular weight is 267 g/mol. The molecule has 3 N–H and O–H groups in total. The summed E-state index contributed by atoms with van der Waals surface area (Å²) in [6.45, 7) is 1.48. The van der Waals surface area contributed by atoms with Gasteiger partial charge in [0.1, 0.15) is 5.82 Å². The predicted octanol–water partition coefficient (Wildman–Crippen LogP) is 1.54. The Bertz CT molecular complexity index is 479. The fraction of sp³-hybridized carbons (Fsp3) is 0.462. The minimum atomic E-state index is -0.374. The summed E-state index contributed by atoms with van der Waals surface area (Å²) < 4.78 is 19.4. The molecule has 1 atom stereocenters. The number of oxime groups is 1. The molecule has 1 aliphatic heterocycles. The molecule has 0 amide bonds. The van der Waals surface area contributed by atoms with Crippen LogP contribution in [0.1, 0.15) is 18.4 Å². The molecule has 6 heteroatoms. The maximum absolute atomic E-state index is 14.1. The largest absolute Gasteiger partial charge is 0.409 e. The van der Waals surface area contributed by atoms with Crippen LogP contribution in [0.3, 0.4) is 0 Å². The van der Waals surface area contributed by atoms with Gasteiger partial charge in [-0.15, -0.1) is 0 Å². The van der Waals surface area contributed by atoms with E-state index in [1.807, 2.05) is 4.90 Å². The highest BCUT2D eigenvalue weighted by Crippen LogP contribution is 2.25. The molecule has 0 radical (unpaired) electrons. The molecule has 0 saturated carbocycles. The first-order valence-corrected chi connectivity index (χ1v) is 6.21. The van der Waals surface area contributed by atoms with E-state index < -0.39 is 0 Å². The molecule has 1 heterocycles. The topological polar surface area (TPSA) is 71.1 Å². The summed E-state index contributed by atoms with van der Waals surface area (Å²) in [6.07, 6.45) is 2.11. The summed E-state index contributed by atoms with van der Waals surface area (Å²) >= 11 is 0. The van der Waals surface area contributed by atoms with Gasteiger partial charge in [-0.2, -0.15) is 0 Å². The summed E-state index contributed by atoms with van der Waals surface area (Å²) in [5.41, 5.74) is 6.32. The van der Waals surface area contributed by atoms with E-state index in [9.17, 15) is 4.39 Å². The van der Waals surface area contributed by atoms with Crippen molar-refractivity contribution < 1.29 is 14.3 Å². The Morgan fingerprint density at radius 1 is 1.58 bits per heavy atom. The minimum Gasteiger partial charge on any atom is -0.409 e. The maximum Gasteiger partial charge on any atom is 0.170 e. The van der Waals surface area contributed by atoms with E-state index in [0.29, 0.717) is 17.8 Å². The monoisotopic (exact) mass is 267 g/mol. The van der Waals surface area contributed by atoms with E-state index in [1.165, 1.54) is 6.07 Å². The van der Waals surface area contributed by atoms with Crippen molar-refractivity contribution in [2.45, 2.75) is 18.9 Å². The lowest BCUT2D eigenvalue weighted by atomic mass is 10.1. The third-order valence-corrected chi connectivity index (χ3v) is 3.40. The number of rotatable bonds is 3. The fourth-order valence-corrected chi connectivity index (χ4v) is 2.33. The van der Waals surface area contributed by atoms with Crippen LogP contribution in [-0.2, 0) is 4.74 Å². The number of ether oxygens (including phenoxy) is 1. The fourth-order valence-electron chi connectivity index (χ4n) is 2.33. The molecule has 1 unspecified atom stereocenters. The second-order valence-electron chi connectivity index (χ2n) is 4.60. The van der Waals surface area contributed by atoms with E-state index in [-0.39, 0.29) is 17.8 Å². The lowest BCUT2D eigenvalue weighted by Crippen LogP contribution is -2.39. The first kappa shape index (κ1) is 13.6. The van der Waals surface area contributed by atoms with Gasteiger partial charge in [0.15, 0.2) is 5.84 Å². The Balaban J connectivity index is 2.21. The second-order valence-corrected chi connectivity index (χ2v) is 4.60. The zero-order chi connectivity index (χ0) is 13.8. The molecule has 19 heavy (non-hydrogen) atoms. The number of hydrogen-bond donors (Lipinski definition) is 2. The van der Waals surface area contributed by atoms with Crippen molar-refractivity contribution in [1.29, 1.82) is 0 Å². The Hall–Kier alpha value is -1.82. The quantitative estimate of drug-likeness (QED) is 0.377. The highest BCUT2D eigenvalue weighted by Gasteiger charge is 2.22. The van der Waals surface area contributed by atoms with E-state index in [0.717, 1.165) is 19.4 Å². The molecule has 1 aliphatic rings. The Labute approximate surface area is 111 Å². The van der Waals surface area contributed by atoms with Gasteiger partial charge in [-0.1, -0.05) is 5.16 Å². The predicted molar refractivity (Wildman–Crippen MR) is 71.2 cm³/mol. The number of halogens is 1. The van der Waals surface area contributed by atoms with E-state index in [1.54, 1.807) is 19.2 Å². The number of hydrogen-bond acceptors (Lipinski definition) is 4. The molecule has 0 spiro atoms. The smallest absolute Gasteiger partial charge is 0.170 e. The Morgan fingerprint density at radius 2 is 2.37 bits per heavy atom. The number of anilines is 1. The van der Waals surface area contributed by atoms with Gasteiger partial charge in [-0.05, 0) is 31.0 Å². The van der Waals surface area contributed by atoms with Crippen LogP contribution in [0.4, 0.5) is 10.1 Å². The van der Waals surface area contributed by atoms with Crippen molar-refractivity contribution in [1.82, 2.24) is 0 Å². The van der Waals surface area contributed by atoms with E-state index >= 15 is 0 Å². The van der Waals surface area contributed by atoms with Gasteiger partial charge in [0.2, 0.25) is 0 Å². The summed E-state index contributed by atoms with van der Waals surface area (Å²) in [7, 11) is 1.67. The molecule has 0 aromatic heterocycles. The van der Waals surface area contributed by atoms with Gasteiger partial charge in [-0.25, -0.2) is 4.39 Å². The number of methoxy groups -OCH3 is 1. The zero-order valence-corrected chi connectivity index (χ0v) is 10.8. The van der Waals surface area contributed by atoms with Crippen molar-refractivity contribution in [3.8, 4) is 0 Å². The van der Waals surface area contributed by atoms with Gasteiger partial charge in [0, 0.05) is 25.8 Å². The molecular weight excluding hydrogens is 249 g/mol. The van der Waals surface area contributed by atoms with Crippen molar-refractivity contribution in [2.75, 3.05) is 25.1 Å². The van der Waals surface area contributed by atoms with Crippen LogP contribution in [0.15, 0.2) is 23.4 Å². The third kappa shape index (κ3) is 2.96. The molecule has 2 rings (SSSR count). The third-order valence-electron chi connectivity index (χ3n) is 3.40. The zero-order valence-electron chi connectivity index (χ0n) is 10.8. The van der Waals surface area contributed by atoms with Crippen molar-refractivity contribution in [3.63, 3.8) is 0 Å². The van der Waals surface area contributed by atoms with E-state index in [4.69, 9.17) is 15.7 Å². The molecule has 0 bridgehead atoms. The second kappa shape index (κ2) is 5.88. The highest BCUT2D eigenvalue weighted by atomic mass is 19.1. The Kier molecular flexibility index (Phi) is 4.21. The van der Waals surface area contributed by atoms with Crippen molar-refractivity contribution in [2.24, 2.45) is 10.9 Å². The van der Waals surface area contributed by atoms with Crippen LogP contribution in [-0.4, -0.2) is 37.3 Å². The lowest BCUT2D eigenvalue weighted by molar-refractivity contribution is 0.0892. The molecule has 1 saturated heterocycles. The standard InChI is InChI=1S/C13H18FN3O2/c1-19-10-3-2-6-17(8-10)12-5-4-9(7-11(12)14)13(15)16-18/h4-5,7,10,18H,2-3,6,8H2,1H3,(H2,15,16). The first-order valence-electron chi connectivity index (χ1n) is 6.21. The van der Waals surface area contributed by atoms with Gasteiger partial charge in [0.05, 0.1) is 11.8 Å². The molecule has 5 nitrogen and oxygen atoms in total. The summed E-state index contributed by atoms with van der Waals surface area (Å²) in [6, 6.07) is 4.57. The molecule has 104 valence electrons. The van der Waals surface area contributed by atoms with Crippen LogP contribution in [0.2, 0.25) is 0 Å². The number of nitrogens with two attached hydrogens (primary N) is 1. The number of benzene rings is 1. The lowest BCUT2D eigenvalue weighted by Gasteiger charge is -2.33. The Morgan fingerprint density at radius 3 is 3.00 bits per heavy atom. The van der Waals surface area contributed by atoms with Crippen LogP contribution in [0.5, 0.6) is 0 Å². The molecule has 1 fully saturated rings. The summed E-state index contributed by atoms with van der Waals surface area (Å²) in [4.78, 5) is 1.96. The maximum atomic E-state index is 14.1. The van der Waals surface area contributed by atoms with Gasteiger partial charge >= 0.3 is 0 Å². The summed E-state index contributed by atoms with van der Waals surface area (Å²) in [5.74, 6) is -0.472. The number of piperidine rings is 1.